The Labute approximate surface area is 116 Å². The standard InChI is InChI=1S/C13H10F4N2O2/c1-21-11-3-2-8(14)6-9(11)10(20)7-19-5-4-12(18-19)13(15,16)17/h2-6H,7H2,1H3. The van der Waals surface area contributed by atoms with Gasteiger partial charge < -0.3 is 4.74 Å². The molecule has 0 amide bonds. The maximum Gasteiger partial charge on any atom is 0.435 e. The van der Waals surface area contributed by atoms with E-state index in [9.17, 15) is 22.4 Å². The number of carbonyl (C=O) groups excluding carboxylic acids is 1. The van der Waals surface area contributed by atoms with E-state index in [-0.39, 0.29) is 11.3 Å². The van der Waals surface area contributed by atoms with Gasteiger partial charge in [0.15, 0.2) is 11.5 Å². The third-order valence-electron chi connectivity index (χ3n) is 2.70. The Hall–Kier alpha value is -2.38. The van der Waals surface area contributed by atoms with Crippen LogP contribution in [0.15, 0.2) is 30.5 Å². The first kappa shape index (κ1) is 15.0. The summed E-state index contributed by atoms with van der Waals surface area (Å²) in [4.78, 5) is 12.0. The van der Waals surface area contributed by atoms with E-state index in [4.69, 9.17) is 4.74 Å². The van der Waals surface area contributed by atoms with E-state index in [2.05, 4.69) is 5.10 Å². The summed E-state index contributed by atoms with van der Waals surface area (Å²) in [5.74, 6) is -1.11. The number of nitrogens with zero attached hydrogens (tertiary/aromatic N) is 2. The molecule has 0 saturated heterocycles. The Bertz CT molecular complexity index is 664. The first-order chi connectivity index (χ1) is 9.81. The summed E-state index contributed by atoms with van der Waals surface area (Å²) in [6.45, 7) is -0.449. The van der Waals surface area contributed by atoms with E-state index < -0.39 is 30.0 Å². The van der Waals surface area contributed by atoms with Crippen molar-refractivity contribution in [3.63, 3.8) is 0 Å². The fraction of sp³-hybridized carbons (Fsp3) is 0.231. The van der Waals surface area contributed by atoms with Crippen LogP contribution in [0.25, 0.3) is 0 Å². The minimum Gasteiger partial charge on any atom is -0.496 e. The number of hydrogen-bond acceptors (Lipinski definition) is 3. The quantitative estimate of drug-likeness (QED) is 0.644. The lowest BCUT2D eigenvalue weighted by Gasteiger charge is -2.08. The van der Waals surface area contributed by atoms with Crippen LogP contribution in [0, 0.1) is 5.82 Å². The number of rotatable bonds is 4. The number of methoxy groups -OCH3 is 1. The molecule has 4 nitrogen and oxygen atoms in total. The Kier molecular flexibility index (Phi) is 3.97. The maximum atomic E-state index is 13.2. The zero-order valence-electron chi connectivity index (χ0n) is 10.8. The lowest BCUT2D eigenvalue weighted by atomic mass is 10.1. The van der Waals surface area contributed by atoms with Crippen molar-refractivity contribution in [1.82, 2.24) is 9.78 Å². The van der Waals surface area contributed by atoms with Crippen molar-refractivity contribution in [3.8, 4) is 5.75 Å². The van der Waals surface area contributed by atoms with E-state index in [1.165, 1.54) is 13.2 Å². The van der Waals surface area contributed by atoms with Gasteiger partial charge in [-0.3, -0.25) is 9.48 Å². The monoisotopic (exact) mass is 302 g/mol. The molecule has 8 heteroatoms. The molecule has 0 radical (unpaired) electrons. The number of ether oxygens (including phenoxy) is 1. The van der Waals surface area contributed by atoms with Crippen molar-refractivity contribution in [2.45, 2.75) is 12.7 Å². The van der Waals surface area contributed by atoms with Crippen LogP contribution < -0.4 is 4.74 Å². The van der Waals surface area contributed by atoms with Crippen LogP contribution in [0.4, 0.5) is 17.6 Å². The minimum absolute atomic E-state index is 0.0541. The minimum atomic E-state index is -4.58. The van der Waals surface area contributed by atoms with Gasteiger partial charge >= 0.3 is 6.18 Å². The number of ketones is 1. The van der Waals surface area contributed by atoms with Gasteiger partial charge in [-0.15, -0.1) is 0 Å². The zero-order valence-corrected chi connectivity index (χ0v) is 10.8. The van der Waals surface area contributed by atoms with Gasteiger partial charge in [-0.05, 0) is 24.3 Å². The fourth-order valence-electron chi connectivity index (χ4n) is 1.73. The molecular formula is C13H10F4N2O2. The van der Waals surface area contributed by atoms with Gasteiger partial charge in [0, 0.05) is 6.20 Å². The highest BCUT2D eigenvalue weighted by atomic mass is 19.4. The molecule has 1 heterocycles. The molecule has 0 spiro atoms. The van der Waals surface area contributed by atoms with E-state index in [0.717, 1.165) is 29.1 Å². The van der Waals surface area contributed by atoms with Crippen LogP contribution in [0.3, 0.4) is 0 Å². The average Bonchev–Trinajstić information content (AvgIpc) is 2.87. The maximum absolute atomic E-state index is 13.2. The summed E-state index contributed by atoms with van der Waals surface area (Å²) in [7, 11) is 1.31. The summed E-state index contributed by atoms with van der Waals surface area (Å²) in [5.41, 5.74) is -1.15. The SMILES string of the molecule is COc1ccc(F)cc1C(=O)Cn1ccc(C(F)(F)F)n1. The van der Waals surface area contributed by atoms with Gasteiger partial charge in [0.25, 0.3) is 0 Å². The second-order valence-corrected chi connectivity index (χ2v) is 4.16. The van der Waals surface area contributed by atoms with Gasteiger partial charge in [0.2, 0.25) is 0 Å². The van der Waals surface area contributed by atoms with E-state index in [1.807, 2.05) is 0 Å². The molecule has 0 aliphatic heterocycles. The Morgan fingerprint density at radius 1 is 1.33 bits per heavy atom. The predicted octanol–water partition coefficient (Wildman–Crippen LogP) is 2.93. The van der Waals surface area contributed by atoms with Crippen molar-refractivity contribution in [1.29, 1.82) is 0 Å². The highest BCUT2D eigenvalue weighted by Gasteiger charge is 2.33. The number of benzene rings is 1. The third kappa shape index (κ3) is 3.39. The summed E-state index contributed by atoms with van der Waals surface area (Å²) in [6, 6.07) is 4.11. The van der Waals surface area contributed by atoms with Crippen LogP contribution in [0.2, 0.25) is 0 Å². The highest BCUT2D eigenvalue weighted by molar-refractivity contribution is 5.98. The van der Waals surface area contributed by atoms with E-state index in [0.29, 0.717) is 0 Å². The molecule has 2 rings (SSSR count). The smallest absolute Gasteiger partial charge is 0.435 e. The van der Waals surface area contributed by atoms with Crippen molar-refractivity contribution in [3.05, 3.63) is 47.5 Å². The molecule has 0 saturated carbocycles. The molecule has 0 unspecified atom stereocenters. The predicted molar refractivity (Wildman–Crippen MR) is 64.5 cm³/mol. The number of halogens is 4. The largest absolute Gasteiger partial charge is 0.496 e. The van der Waals surface area contributed by atoms with Crippen molar-refractivity contribution < 1.29 is 27.1 Å². The zero-order chi connectivity index (χ0) is 15.6. The Morgan fingerprint density at radius 2 is 2.05 bits per heavy atom. The molecular weight excluding hydrogens is 292 g/mol. The highest BCUT2D eigenvalue weighted by Crippen LogP contribution is 2.27. The first-order valence-electron chi connectivity index (χ1n) is 5.78. The summed E-state index contributed by atoms with van der Waals surface area (Å²) >= 11 is 0. The average molecular weight is 302 g/mol. The number of carbonyl (C=O) groups is 1. The fourth-order valence-corrected chi connectivity index (χ4v) is 1.73. The molecule has 1 aromatic heterocycles. The number of Topliss-reactive ketones (excluding diaryl/α,β-unsaturated/α-hetero) is 1. The van der Waals surface area contributed by atoms with Crippen LogP contribution in [-0.2, 0) is 12.7 Å². The molecule has 2 aromatic rings. The van der Waals surface area contributed by atoms with Crippen LogP contribution in [0.5, 0.6) is 5.75 Å². The van der Waals surface area contributed by atoms with Crippen LogP contribution >= 0.6 is 0 Å². The van der Waals surface area contributed by atoms with Crippen molar-refractivity contribution >= 4 is 5.78 Å². The van der Waals surface area contributed by atoms with E-state index in [1.54, 1.807) is 0 Å². The number of alkyl halides is 3. The molecule has 0 aliphatic rings. The summed E-state index contributed by atoms with van der Waals surface area (Å²) < 4.78 is 56.1. The van der Waals surface area contributed by atoms with Crippen LogP contribution in [-0.4, -0.2) is 22.7 Å². The van der Waals surface area contributed by atoms with Crippen molar-refractivity contribution in [2.24, 2.45) is 0 Å². The third-order valence-corrected chi connectivity index (χ3v) is 2.70. The van der Waals surface area contributed by atoms with Gasteiger partial charge in [-0.1, -0.05) is 0 Å². The van der Waals surface area contributed by atoms with Gasteiger partial charge in [-0.2, -0.15) is 18.3 Å². The normalized spacial score (nSPS) is 11.5. The summed E-state index contributed by atoms with van der Waals surface area (Å²) in [6.07, 6.45) is -3.54. The molecule has 0 N–H and O–H groups in total. The number of aromatic nitrogens is 2. The molecule has 112 valence electrons. The second kappa shape index (κ2) is 5.55. The number of hydrogen-bond donors (Lipinski definition) is 0. The topological polar surface area (TPSA) is 44.1 Å². The molecule has 0 aliphatic carbocycles. The Balaban J connectivity index is 2.22. The van der Waals surface area contributed by atoms with Gasteiger partial charge in [-0.25, -0.2) is 4.39 Å². The molecule has 1 aromatic carbocycles. The lowest BCUT2D eigenvalue weighted by molar-refractivity contribution is -0.141. The van der Waals surface area contributed by atoms with Crippen LogP contribution in [0.1, 0.15) is 16.1 Å². The first-order valence-corrected chi connectivity index (χ1v) is 5.78. The van der Waals surface area contributed by atoms with Crippen molar-refractivity contribution in [2.75, 3.05) is 7.11 Å². The second-order valence-electron chi connectivity index (χ2n) is 4.16. The molecule has 0 fully saturated rings. The lowest BCUT2D eigenvalue weighted by Crippen LogP contribution is -2.14. The van der Waals surface area contributed by atoms with Gasteiger partial charge in [0.1, 0.15) is 18.1 Å². The van der Waals surface area contributed by atoms with E-state index >= 15 is 0 Å². The summed E-state index contributed by atoms with van der Waals surface area (Å²) in [5, 5.41) is 3.26. The van der Waals surface area contributed by atoms with Gasteiger partial charge in [0.05, 0.1) is 12.7 Å². The molecule has 21 heavy (non-hydrogen) atoms. The molecule has 0 bridgehead atoms. The Morgan fingerprint density at radius 3 is 2.62 bits per heavy atom. The molecule has 0 atom stereocenters.